The maximum Gasteiger partial charge on any atom is 0.248 e. The summed E-state index contributed by atoms with van der Waals surface area (Å²) in [6.45, 7) is 6.14. The predicted molar refractivity (Wildman–Crippen MR) is 150 cm³/mol. The molecule has 0 bridgehead atoms. The third-order valence-corrected chi connectivity index (χ3v) is 7.57. The summed E-state index contributed by atoms with van der Waals surface area (Å²) in [5.74, 6) is -1.09. The molecule has 1 unspecified atom stereocenters. The lowest BCUT2D eigenvalue weighted by Crippen LogP contribution is -2.48. The van der Waals surface area contributed by atoms with Gasteiger partial charge in [-0.15, -0.1) is 0 Å². The minimum Gasteiger partial charge on any atom is -0.343 e. The lowest BCUT2D eigenvalue weighted by Gasteiger charge is -2.30. The van der Waals surface area contributed by atoms with E-state index in [9.17, 15) is 18.4 Å². The number of pyridine rings is 1. The first kappa shape index (κ1) is 29.3. The first-order chi connectivity index (χ1) is 19.1. The van der Waals surface area contributed by atoms with Gasteiger partial charge in [-0.1, -0.05) is 19.4 Å². The van der Waals surface area contributed by atoms with Crippen molar-refractivity contribution < 1.29 is 18.4 Å². The number of nitrogens with one attached hydrogen (secondary N) is 2. The van der Waals surface area contributed by atoms with Gasteiger partial charge in [0.25, 0.3) is 0 Å². The first-order valence-corrected chi connectivity index (χ1v) is 13.8. The van der Waals surface area contributed by atoms with Crippen LogP contribution in [0.15, 0.2) is 49.1 Å². The Kier molecular flexibility index (Phi) is 9.29. The number of likely N-dealkylation sites (N-methyl/N-ethyl adjacent to an activating group) is 1. The number of imidazole rings is 1. The number of hydrogen-bond acceptors (Lipinski definition) is 5. The van der Waals surface area contributed by atoms with E-state index in [4.69, 9.17) is 0 Å². The Morgan fingerprint density at radius 3 is 2.75 bits per heavy atom. The van der Waals surface area contributed by atoms with E-state index in [1.807, 2.05) is 39.0 Å². The van der Waals surface area contributed by atoms with Crippen LogP contribution in [0.1, 0.15) is 56.9 Å². The number of aryl methyl sites for hydroxylation is 1. The van der Waals surface area contributed by atoms with Crippen LogP contribution < -0.4 is 10.6 Å². The molecule has 0 saturated heterocycles. The summed E-state index contributed by atoms with van der Waals surface area (Å²) in [5.41, 5.74) is 1.20. The van der Waals surface area contributed by atoms with E-state index in [2.05, 4.69) is 20.6 Å². The molecule has 1 aliphatic rings. The van der Waals surface area contributed by atoms with Gasteiger partial charge in [0.1, 0.15) is 17.2 Å². The van der Waals surface area contributed by atoms with Crippen molar-refractivity contribution in [3.8, 4) is 0 Å². The highest BCUT2D eigenvalue weighted by Gasteiger charge is 2.33. The zero-order valence-corrected chi connectivity index (χ0v) is 23.6. The average Bonchev–Trinajstić information content (AvgIpc) is 3.41. The highest BCUT2D eigenvalue weighted by molar-refractivity contribution is 5.94. The zero-order valence-electron chi connectivity index (χ0n) is 23.6. The van der Waals surface area contributed by atoms with Crippen molar-refractivity contribution in [2.75, 3.05) is 18.9 Å². The molecule has 10 heteroatoms. The molecule has 2 atom stereocenters. The standard InChI is InChI=1S/C30H38F2N6O2/c1-5-8-26(35-23-11-10-20-15-21(31)16-25(32)24(20)17-23)28(39)36-27-18-38(19-34-27)30(2,3)29(40)37(4)14-12-22-9-6-7-13-33-22/h6-7,9,13,15-16,18-19,23,26,35H,5,8,10-12,14,17H2,1-4H3,(H,36,39)/t23?,26-/m0/s1. The van der Waals surface area contributed by atoms with E-state index in [1.165, 1.54) is 6.07 Å². The number of hydrogen-bond donors (Lipinski definition) is 2. The van der Waals surface area contributed by atoms with E-state index >= 15 is 0 Å². The van der Waals surface area contributed by atoms with Crippen LogP contribution in [-0.4, -0.2) is 56.9 Å². The number of aromatic nitrogens is 3. The van der Waals surface area contributed by atoms with Crippen LogP contribution in [0.25, 0.3) is 0 Å². The van der Waals surface area contributed by atoms with Gasteiger partial charge in [0.05, 0.1) is 12.4 Å². The maximum atomic E-state index is 14.4. The lowest BCUT2D eigenvalue weighted by molar-refractivity contribution is -0.137. The quantitative estimate of drug-likeness (QED) is 0.371. The van der Waals surface area contributed by atoms with Gasteiger partial charge in [-0.25, -0.2) is 13.8 Å². The Balaban J connectivity index is 1.37. The third-order valence-electron chi connectivity index (χ3n) is 7.57. The van der Waals surface area contributed by atoms with Crippen LogP contribution in [0.5, 0.6) is 0 Å². The summed E-state index contributed by atoms with van der Waals surface area (Å²) >= 11 is 0. The molecule has 2 heterocycles. The average molecular weight is 553 g/mol. The summed E-state index contributed by atoms with van der Waals surface area (Å²) in [6.07, 6.45) is 8.57. The van der Waals surface area contributed by atoms with Crippen molar-refractivity contribution in [3.63, 3.8) is 0 Å². The molecule has 1 aliphatic carbocycles. The van der Waals surface area contributed by atoms with Crippen LogP contribution >= 0.6 is 0 Å². The molecule has 2 N–H and O–H groups in total. The molecule has 8 nitrogen and oxygen atoms in total. The van der Waals surface area contributed by atoms with E-state index in [0.717, 1.165) is 18.2 Å². The lowest BCUT2D eigenvalue weighted by atomic mass is 9.87. The van der Waals surface area contributed by atoms with Crippen molar-refractivity contribution in [3.05, 3.63) is 77.5 Å². The highest BCUT2D eigenvalue weighted by atomic mass is 19.1. The number of fused-ring (bicyclic) bond motifs is 1. The Morgan fingerprint density at radius 2 is 2.02 bits per heavy atom. The number of halogens is 2. The summed E-state index contributed by atoms with van der Waals surface area (Å²) in [7, 11) is 1.76. The Morgan fingerprint density at radius 1 is 1.23 bits per heavy atom. The molecular weight excluding hydrogens is 514 g/mol. The molecule has 2 aromatic heterocycles. The Labute approximate surface area is 234 Å². The maximum absolute atomic E-state index is 14.4. The first-order valence-electron chi connectivity index (χ1n) is 13.8. The molecule has 40 heavy (non-hydrogen) atoms. The fourth-order valence-corrected chi connectivity index (χ4v) is 5.21. The Hall–Kier alpha value is -3.66. The second-order valence-corrected chi connectivity index (χ2v) is 11.0. The molecule has 0 fully saturated rings. The van der Waals surface area contributed by atoms with Crippen LogP contribution in [0.3, 0.4) is 0 Å². The second-order valence-electron chi connectivity index (χ2n) is 11.0. The molecule has 214 valence electrons. The van der Waals surface area contributed by atoms with Gasteiger partial charge in [0.15, 0.2) is 5.82 Å². The summed E-state index contributed by atoms with van der Waals surface area (Å²) in [4.78, 5) is 36.8. The van der Waals surface area contributed by atoms with Gasteiger partial charge in [0.2, 0.25) is 11.8 Å². The van der Waals surface area contributed by atoms with Crippen molar-refractivity contribution >= 4 is 17.6 Å². The Bertz CT molecular complexity index is 1330. The van der Waals surface area contributed by atoms with Gasteiger partial charge >= 0.3 is 0 Å². The van der Waals surface area contributed by atoms with Crippen molar-refractivity contribution in [1.29, 1.82) is 0 Å². The van der Waals surface area contributed by atoms with Crippen molar-refractivity contribution in [2.24, 2.45) is 0 Å². The highest BCUT2D eigenvalue weighted by Crippen LogP contribution is 2.26. The van der Waals surface area contributed by atoms with E-state index < -0.39 is 23.2 Å². The smallest absolute Gasteiger partial charge is 0.248 e. The van der Waals surface area contributed by atoms with E-state index in [0.29, 0.717) is 55.6 Å². The van der Waals surface area contributed by atoms with Gasteiger partial charge in [-0.3, -0.25) is 14.6 Å². The minimum atomic E-state index is -0.922. The number of rotatable bonds is 11. The number of anilines is 1. The van der Waals surface area contributed by atoms with Crippen molar-refractivity contribution in [1.82, 2.24) is 24.8 Å². The number of carbonyl (C=O) groups is 2. The third kappa shape index (κ3) is 6.91. The molecule has 0 saturated carbocycles. The molecule has 3 aromatic rings. The van der Waals surface area contributed by atoms with Crippen LogP contribution in [0.4, 0.5) is 14.6 Å². The van der Waals surface area contributed by atoms with E-state index in [1.54, 1.807) is 35.2 Å². The number of amides is 2. The summed E-state index contributed by atoms with van der Waals surface area (Å²) in [6, 6.07) is 7.41. The zero-order chi connectivity index (χ0) is 28.9. The number of carbonyl (C=O) groups excluding carboxylic acids is 2. The summed E-state index contributed by atoms with van der Waals surface area (Å²) in [5, 5.41) is 6.26. The number of nitrogens with zero attached hydrogens (tertiary/aromatic N) is 4. The molecule has 4 rings (SSSR count). The van der Waals surface area contributed by atoms with Gasteiger partial charge in [-0.2, -0.15) is 0 Å². The predicted octanol–water partition coefficient (Wildman–Crippen LogP) is 4.25. The van der Waals surface area contributed by atoms with Crippen LogP contribution in [-0.2, 0) is 34.4 Å². The molecule has 1 aromatic carbocycles. The SMILES string of the molecule is CCC[C@H](NC1CCc2cc(F)cc(F)c2C1)C(=O)Nc1cn(C(C)(C)C(=O)N(C)CCc2ccccn2)cn1. The monoisotopic (exact) mass is 552 g/mol. The normalized spacial score (nSPS) is 15.8. The minimum absolute atomic E-state index is 0.0890. The molecular formula is C30H38F2N6O2. The van der Waals surface area contributed by atoms with E-state index in [-0.39, 0.29) is 17.9 Å². The second kappa shape index (κ2) is 12.7. The van der Waals surface area contributed by atoms with Gasteiger partial charge < -0.3 is 20.1 Å². The van der Waals surface area contributed by atoms with Gasteiger partial charge in [-0.05, 0) is 68.9 Å². The van der Waals surface area contributed by atoms with Gasteiger partial charge in [0, 0.05) is 50.2 Å². The molecule has 2 amide bonds. The molecule has 0 spiro atoms. The largest absolute Gasteiger partial charge is 0.343 e. The fourth-order valence-electron chi connectivity index (χ4n) is 5.21. The van der Waals surface area contributed by atoms with Crippen LogP contribution in [0.2, 0.25) is 0 Å². The van der Waals surface area contributed by atoms with Crippen molar-refractivity contribution in [2.45, 2.75) is 76.9 Å². The molecule has 0 aliphatic heterocycles. The topological polar surface area (TPSA) is 92.2 Å². The van der Waals surface area contributed by atoms with Crippen LogP contribution in [0, 0.1) is 11.6 Å². The summed E-state index contributed by atoms with van der Waals surface area (Å²) < 4.78 is 29.7. The number of benzene rings is 1. The fraction of sp³-hybridized carbons (Fsp3) is 0.467. The molecule has 0 radical (unpaired) electrons.